The Labute approximate surface area is 170 Å². The molecule has 0 unspecified atom stereocenters. The van der Waals surface area contributed by atoms with Gasteiger partial charge >= 0.3 is 5.97 Å². The molecule has 0 aromatic heterocycles. The quantitative estimate of drug-likeness (QED) is 0.577. The van der Waals surface area contributed by atoms with E-state index in [1.165, 1.54) is 6.92 Å². The zero-order chi connectivity index (χ0) is 21.8. The summed E-state index contributed by atoms with van der Waals surface area (Å²) in [7, 11) is 0. The lowest BCUT2D eigenvalue weighted by atomic mass is 9.98. The van der Waals surface area contributed by atoms with Gasteiger partial charge in [0.2, 0.25) is 5.91 Å². The molecule has 0 saturated heterocycles. The van der Waals surface area contributed by atoms with Crippen LogP contribution in [-0.2, 0) is 25.5 Å². The molecule has 0 aliphatic carbocycles. The third kappa shape index (κ3) is 4.68. The van der Waals surface area contributed by atoms with Crippen molar-refractivity contribution in [2.45, 2.75) is 25.9 Å². The molecule has 0 radical (unpaired) electrons. The number of carbonyl (C=O) groups excluding carboxylic acids is 4. The van der Waals surface area contributed by atoms with Gasteiger partial charge in [0.05, 0.1) is 18.5 Å². The third-order valence-corrected chi connectivity index (χ3v) is 4.54. The first-order chi connectivity index (χ1) is 14.3. The van der Waals surface area contributed by atoms with Crippen LogP contribution in [0.2, 0.25) is 0 Å². The van der Waals surface area contributed by atoms with Crippen molar-refractivity contribution in [3.63, 3.8) is 0 Å². The number of rotatable bonds is 6. The van der Waals surface area contributed by atoms with Crippen LogP contribution < -0.4 is 5.32 Å². The van der Waals surface area contributed by atoms with Crippen LogP contribution in [0.25, 0.3) is 0 Å². The lowest BCUT2D eigenvalue weighted by molar-refractivity contribution is -0.153. The molecular formula is C21H18F2N2O5. The minimum atomic E-state index is -1.30. The number of esters is 1. The van der Waals surface area contributed by atoms with Crippen molar-refractivity contribution in [3.05, 3.63) is 65.2 Å². The molecule has 7 nitrogen and oxygen atoms in total. The number of nitrogens with one attached hydrogen (secondary N) is 1. The fourth-order valence-electron chi connectivity index (χ4n) is 2.97. The Morgan fingerprint density at radius 1 is 1.17 bits per heavy atom. The van der Waals surface area contributed by atoms with Gasteiger partial charge in [-0.1, -0.05) is 18.2 Å². The van der Waals surface area contributed by atoms with Crippen molar-refractivity contribution in [2.75, 3.05) is 11.9 Å². The maximum absolute atomic E-state index is 13.6. The molecule has 156 valence electrons. The number of nitrogens with zero attached hydrogens (tertiary/aromatic N) is 1. The highest BCUT2D eigenvalue weighted by molar-refractivity contribution is 6.09. The number of ether oxygens (including phenoxy) is 1. The number of anilines is 1. The van der Waals surface area contributed by atoms with Crippen LogP contribution in [0.15, 0.2) is 42.5 Å². The van der Waals surface area contributed by atoms with Crippen LogP contribution in [0.4, 0.5) is 14.5 Å². The van der Waals surface area contributed by atoms with Gasteiger partial charge in [0.25, 0.3) is 11.8 Å². The highest BCUT2D eigenvalue weighted by Crippen LogP contribution is 2.20. The summed E-state index contributed by atoms with van der Waals surface area (Å²) in [4.78, 5) is 49.7. The first-order valence-corrected chi connectivity index (χ1v) is 9.14. The Balaban J connectivity index is 1.54. The Hall–Kier alpha value is -3.62. The van der Waals surface area contributed by atoms with Crippen molar-refractivity contribution >= 4 is 29.4 Å². The van der Waals surface area contributed by atoms with Gasteiger partial charge in [0.15, 0.2) is 6.10 Å². The number of fused-ring (bicyclic) bond motifs is 1. The number of halogens is 2. The summed E-state index contributed by atoms with van der Waals surface area (Å²) in [6.45, 7) is 1.07. The Bertz CT molecular complexity index is 1020. The molecule has 0 fully saturated rings. The lowest BCUT2D eigenvalue weighted by Crippen LogP contribution is -2.43. The van der Waals surface area contributed by atoms with Gasteiger partial charge in [-0.3, -0.25) is 24.1 Å². The van der Waals surface area contributed by atoms with E-state index in [1.54, 1.807) is 24.3 Å². The molecule has 0 spiro atoms. The topological polar surface area (TPSA) is 92.8 Å². The largest absolute Gasteiger partial charge is 0.452 e. The first-order valence-electron chi connectivity index (χ1n) is 9.14. The minimum absolute atomic E-state index is 0.0506. The summed E-state index contributed by atoms with van der Waals surface area (Å²) in [6.07, 6.45) is -1.56. The highest BCUT2D eigenvalue weighted by Gasteiger charge is 2.31. The van der Waals surface area contributed by atoms with Gasteiger partial charge in [0.1, 0.15) is 11.6 Å². The molecule has 3 amide bonds. The van der Waals surface area contributed by atoms with Crippen LogP contribution in [0.1, 0.15) is 29.3 Å². The average molecular weight is 416 g/mol. The molecular weight excluding hydrogens is 398 g/mol. The van der Waals surface area contributed by atoms with E-state index >= 15 is 0 Å². The summed E-state index contributed by atoms with van der Waals surface area (Å²) >= 11 is 0. The summed E-state index contributed by atoms with van der Waals surface area (Å²) < 4.78 is 31.8. The van der Waals surface area contributed by atoms with E-state index < -0.39 is 41.4 Å². The monoisotopic (exact) mass is 416 g/mol. The molecule has 0 saturated carbocycles. The van der Waals surface area contributed by atoms with Gasteiger partial charge in [0, 0.05) is 18.2 Å². The molecule has 1 heterocycles. The van der Waals surface area contributed by atoms with E-state index in [9.17, 15) is 28.0 Å². The zero-order valence-electron chi connectivity index (χ0n) is 16.0. The highest BCUT2D eigenvalue weighted by atomic mass is 19.1. The van der Waals surface area contributed by atoms with E-state index in [-0.39, 0.29) is 25.1 Å². The Morgan fingerprint density at radius 3 is 2.67 bits per heavy atom. The molecule has 0 bridgehead atoms. The number of hydrogen-bond donors (Lipinski definition) is 1. The fraction of sp³-hybridized carbons (Fsp3) is 0.238. The molecule has 30 heavy (non-hydrogen) atoms. The van der Waals surface area contributed by atoms with Gasteiger partial charge < -0.3 is 10.1 Å². The second-order valence-electron chi connectivity index (χ2n) is 6.68. The summed E-state index contributed by atoms with van der Waals surface area (Å²) in [6, 6.07) is 9.26. The fourth-order valence-corrected chi connectivity index (χ4v) is 2.97. The smallest absolute Gasteiger partial charge is 0.308 e. The van der Waals surface area contributed by atoms with Gasteiger partial charge in [-0.05, 0) is 30.7 Å². The molecule has 9 heteroatoms. The number of benzene rings is 2. The average Bonchev–Trinajstić information content (AvgIpc) is 2.70. The Morgan fingerprint density at radius 2 is 1.90 bits per heavy atom. The van der Waals surface area contributed by atoms with Gasteiger partial charge in [-0.15, -0.1) is 0 Å². The maximum Gasteiger partial charge on any atom is 0.308 e. The van der Waals surface area contributed by atoms with E-state index in [2.05, 4.69) is 5.32 Å². The third-order valence-electron chi connectivity index (χ3n) is 4.54. The second kappa shape index (κ2) is 8.81. The van der Waals surface area contributed by atoms with Gasteiger partial charge in [-0.25, -0.2) is 8.78 Å². The van der Waals surface area contributed by atoms with E-state index in [4.69, 9.17) is 4.74 Å². The Kier molecular flexibility index (Phi) is 6.20. The van der Waals surface area contributed by atoms with Crippen LogP contribution in [0.5, 0.6) is 0 Å². The normalized spacial score (nSPS) is 14.2. The zero-order valence-corrected chi connectivity index (χ0v) is 16.0. The van der Waals surface area contributed by atoms with Crippen LogP contribution in [0.3, 0.4) is 0 Å². The minimum Gasteiger partial charge on any atom is -0.452 e. The second-order valence-corrected chi connectivity index (χ2v) is 6.68. The van der Waals surface area contributed by atoms with Crippen LogP contribution >= 0.6 is 0 Å². The summed E-state index contributed by atoms with van der Waals surface area (Å²) in [5.74, 6) is -4.19. The number of amides is 3. The lowest BCUT2D eigenvalue weighted by Gasteiger charge is -2.26. The molecule has 1 atom stereocenters. The summed E-state index contributed by atoms with van der Waals surface area (Å²) in [5.41, 5.74) is 0.641. The van der Waals surface area contributed by atoms with E-state index in [0.717, 1.165) is 23.1 Å². The van der Waals surface area contributed by atoms with Crippen molar-refractivity contribution in [3.8, 4) is 0 Å². The molecule has 2 aromatic carbocycles. The summed E-state index contributed by atoms with van der Waals surface area (Å²) in [5, 5.41) is 2.14. The molecule has 3 rings (SSSR count). The molecule has 1 N–H and O–H groups in total. The van der Waals surface area contributed by atoms with Gasteiger partial charge in [-0.2, -0.15) is 0 Å². The van der Waals surface area contributed by atoms with E-state index in [0.29, 0.717) is 11.1 Å². The van der Waals surface area contributed by atoms with Crippen LogP contribution in [0, 0.1) is 11.6 Å². The standard InChI is InChI=1S/C21H18F2N2O5/c1-12(20(28)24-17-11-14(22)6-7-16(17)23)30-19(27)8-9-25-18(26)10-13-4-2-3-5-15(13)21(25)29/h2-7,11-12H,8-10H2,1H3,(H,24,28)/t12-/m1/s1. The molecule has 1 aliphatic heterocycles. The van der Waals surface area contributed by atoms with E-state index in [1.807, 2.05) is 0 Å². The van der Waals surface area contributed by atoms with Crippen molar-refractivity contribution < 1.29 is 32.7 Å². The predicted molar refractivity (Wildman–Crippen MR) is 101 cm³/mol. The van der Waals surface area contributed by atoms with Crippen molar-refractivity contribution in [1.82, 2.24) is 4.90 Å². The van der Waals surface area contributed by atoms with Crippen molar-refractivity contribution in [2.24, 2.45) is 0 Å². The van der Waals surface area contributed by atoms with Crippen LogP contribution in [-0.4, -0.2) is 41.2 Å². The molecule has 2 aromatic rings. The van der Waals surface area contributed by atoms with Crippen molar-refractivity contribution in [1.29, 1.82) is 0 Å². The first kappa shape index (κ1) is 21.1. The SMILES string of the molecule is C[C@@H](OC(=O)CCN1C(=O)Cc2ccccc2C1=O)C(=O)Nc1cc(F)ccc1F. The number of hydrogen-bond acceptors (Lipinski definition) is 5. The number of carbonyl (C=O) groups is 4. The predicted octanol–water partition coefficient (Wildman–Crippen LogP) is 2.45. The number of imide groups is 1. The maximum atomic E-state index is 13.6. The molecule has 1 aliphatic rings.